The van der Waals surface area contributed by atoms with Crippen molar-refractivity contribution in [2.24, 2.45) is 0 Å². The molecule has 1 atom stereocenters. The van der Waals surface area contributed by atoms with Gasteiger partial charge in [0.2, 0.25) is 5.91 Å². The normalized spacial score (nSPS) is 25.4. The second kappa shape index (κ2) is 4.63. The predicted molar refractivity (Wildman–Crippen MR) is 69.8 cm³/mol. The summed E-state index contributed by atoms with van der Waals surface area (Å²) >= 11 is 0. The van der Waals surface area contributed by atoms with Crippen molar-refractivity contribution in [3.8, 4) is 0 Å². The van der Waals surface area contributed by atoms with Gasteiger partial charge in [-0.05, 0) is 25.5 Å². The number of carbonyl (C=O) groups is 2. The van der Waals surface area contributed by atoms with Crippen LogP contribution in [-0.2, 0) is 16.1 Å². The van der Waals surface area contributed by atoms with Gasteiger partial charge in [0.25, 0.3) is 5.91 Å². The van der Waals surface area contributed by atoms with Crippen LogP contribution in [0.25, 0.3) is 0 Å². The molecule has 0 spiro atoms. The van der Waals surface area contributed by atoms with Crippen LogP contribution in [0.5, 0.6) is 0 Å². The lowest BCUT2D eigenvalue weighted by atomic mass is 10.1. The smallest absolute Gasteiger partial charge is 0.291 e. The second-order valence-corrected chi connectivity index (χ2v) is 5.42. The van der Waals surface area contributed by atoms with Gasteiger partial charge in [0.1, 0.15) is 18.0 Å². The van der Waals surface area contributed by atoms with Gasteiger partial charge in [-0.3, -0.25) is 9.59 Å². The number of ether oxygens (including phenoxy) is 1. The molecule has 1 aromatic rings. The van der Waals surface area contributed by atoms with Gasteiger partial charge in [-0.2, -0.15) is 0 Å². The first kappa shape index (κ1) is 13.2. The summed E-state index contributed by atoms with van der Waals surface area (Å²) < 4.78 is 10.5. The lowest BCUT2D eigenvalue weighted by Crippen LogP contribution is -2.50. The molecular formula is C14H18N2O4. The molecule has 2 amide bonds. The molecule has 2 aliphatic rings. The number of rotatable bonds is 3. The molecule has 0 saturated carbocycles. The minimum absolute atomic E-state index is 0.127. The van der Waals surface area contributed by atoms with Gasteiger partial charge in [-0.15, -0.1) is 0 Å². The standard InChI is InChI=1S/C14H18N2O4/c1-14-6-5-12(17)15(14)7-8-16(14)13(18)11-4-3-10(20-11)9-19-2/h3-4H,5-9H2,1-2H3/t14-/m0/s1. The van der Waals surface area contributed by atoms with E-state index < -0.39 is 5.66 Å². The van der Waals surface area contributed by atoms with E-state index in [1.165, 1.54) is 0 Å². The molecule has 2 saturated heterocycles. The minimum Gasteiger partial charge on any atom is -0.453 e. The molecule has 2 fully saturated rings. The fraction of sp³-hybridized carbons (Fsp3) is 0.571. The number of carbonyl (C=O) groups excluding carboxylic acids is 2. The van der Waals surface area contributed by atoms with Crippen molar-refractivity contribution in [2.45, 2.75) is 32.0 Å². The Labute approximate surface area is 117 Å². The Morgan fingerprint density at radius 3 is 3.00 bits per heavy atom. The highest BCUT2D eigenvalue weighted by atomic mass is 16.5. The molecule has 0 N–H and O–H groups in total. The maximum Gasteiger partial charge on any atom is 0.291 e. The monoisotopic (exact) mass is 278 g/mol. The Morgan fingerprint density at radius 2 is 2.25 bits per heavy atom. The average molecular weight is 278 g/mol. The van der Waals surface area contributed by atoms with Crippen LogP contribution in [0, 0.1) is 0 Å². The van der Waals surface area contributed by atoms with Crippen molar-refractivity contribution < 1.29 is 18.7 Å². The molecule has 6 heteroatoms. The van der Waals surface area contributed by atoms with Crippen LogP contribution in [-0.4, -0.2) is 47.5 Å². The predicted octanol–water partition coefficient (Wildman–Crippen LogP) is 1.22. The van der Waals surface area contributed by atoms with E-state index in [4.69, 9.17) is 9.15 Å². The zero-order valence-electron chi connectivity index (χ0n) is 11.7. The third kappa shape index (κ3) is 1.83. The molecule has 0 aliphatic carbocycles. The Balaban J connectivity index is 1.82. The third-order valence-electron chi connectivity index (χ3n) is 4.23. The van der Waals surface area contributed by atoms with Crippen LogP contribution >= 0.6 is 0 Å². The molecular weight excluding hydrogens is 260 g/mol. The molecule has 0 unspecified atom stereocenters. The van der Waals surface area contributed by atoms with Crippen molar-refractivity contribution in [3.63, 3.8) is 0 Å². The van der Waals surface area contributed by atoms with Gasteiger partial charge in [0.05, 0.1) is 0 Å². The lowest BCUT2D eigenvalue weighted by molar-refractivity contribution is -0.130. The number of nitrogens with zero attached hydrogens (tertiary/aromatic N) is 2. The number of fused-ring (bicyclic) bond motifs is 1. The van der Waals surface area contributed by atoms with Gasteiger partial charge in [0, 0.05) is 26.6 Å². The summed E-state index contributed by atoms with van der Waals surface area (Å²) in [6.45, 7) is 3.45. The Hall–Kier alpha value is -1.82. The van der Waals surface area contributed by atoms with Gasteiger partial charge < -0.3 is 19.0 Å². The highest BCUT2D eigenvalue weighted by Gasteiger charge is 2.52. The summed E-state index contributed by atoms with van der Waals surface area (Å²) in [7, 11) is 1.58. The van der Waals surface area contributed by atoms with Crippen molar-refractivity contribution >= 4 is 11.8 Å². The summed E-state index contributed by atoms with van der Waals surface area (Å²) in [5, 5.41) is 0. The van der Waals surface area contributed by atoms with E-state index in [2.05, 4.69) is 0 Å². The Kier molecular flexibility index (Phi) is 3.05. The highest BCUT2D eigenvalue weighted by molar-refractivity contribution is 5.93. The van der Waals surface area contributed by atoms with E-state index in [1.54, 1.807) is 29.0 Å². The number of furan rings is 1. The maximum absolute atomic E-state index is 12.6. The first-order valence-corrected chi connectivity index (χ1v) is 6.76. The molecule has 20 heavy (non-hydrogen) atoms. The molecule has 1 aromatic heterocycles. The zero-order chi connectivity index (χ0) is 14.3. The van der Waals surface area contributed by atoms with E-state index in [9.17, 15) is 9.59 Å². The maximum atomic E-state index is 12.6. The molecule has 2 aliphatic heterocycles. The molecule has 0 radical (unpaired) electrons. The van der Waals surface area contributed by atoms with Crippen LogP contribution in [0.4, 0.5) is 0 Å². The van der Waals surface area contributed by atoms with Gasteiger partial charge in [-0.25, -0.2) is 0 Å². The van der Waals surface area contributed by atoms with E-state index in [1.807, 2.05) is 6.92 Å². The summed E-state index contributed by atoms with van der Waals surface area (Å²) in [6, 6.07) is 3.41. The van der Waals surface area contributed by atoms with Crippen LogP contribution in [0.1, 0.15) is 36.1 Å². The molecule has 0 aromatic carbocycles. The highest BCUT2D eigenvalue weighted by Crippen LogP contribution is 2.38. The quantitative estimate of drug-likeness (QED) is 0.834. The fourth-order valence-corrected chi connectivity index (χ4v) is 3.14. The van der Waals surface area contributed by atoms with E-state index >= 15 is 0 Å². The fourth-order valence-electron chi connectivity index (χ4n) is 3.14. The zero-order valence-corrected chi connectivity index (χ0v) is 11.7. The summed E-state index contributed by atoms with van der Waals surface area (Å²) in [4.78, 5) is 27.9. The van der Waals surface area contributed by atoms with Crippen molar-refractivity contribution in [3.05, 3.63) is 23.7 Å². The van der Waals surface area contributed by atoms with Gasteiger partial charge in [0.15, 0.2) is 5.76 Å². The lowest BCUT2D eigenvalue weighted by Gasteiger charge is -2.35. The third-order valence-corrected chi connectivity index (χ3v) is 4.23. The minimum atomic E-state index is -0.498. The van der Waals surface area contributed by atoms with Crippen molar-refractivity contribution in [2.75, 3.05) is 20.2 Å². The Bertz CT molecular complexity index is 553. The van der Waals surface area contributed by atoms with Crippen LogP contribution in [0.3, 0.4) is 0 Å². The number of hydrogen-bond acceptors (Lipinski definition) is 4. The van der Waals surface area contributed by atoms with E-state index in [-0.39, 0.29) is 11.8 Å². The summed E-state index contributed by atoms with van der Waals surface area (Å²) in [6.07, 6.45) is 1.19. The van der Waals surface area contributed by atoms with Gasteiger partial charge in [-0.1, -0.05) is 0 Å². The Morgan fingerprint density at radius 1 is 1.45 bits per heavy atom. The van der Waals surface area contributed by atoms with E-state index in [0.29, 0.717) is 44.1 Å². The van der Waals surface area contributed by atoms with Crippen molar-refractivity contribution in [1.29, 1.82) is 0 Å². The summed E-state index contributed by atoms with van der Waals surface area (Å²) in [5.74, 6) is 0.897. The summed E-state index contributed by atoms with van der Waals surface area (Å²) in [5.41, 5.74) is -0.498. The number of hydrogen-bond donors (Lipinski definition) is 0. The van der Waals surface area contributed by atoms with Crippen LogP contribution in [0.2, 0.25) is 0 Å². The largest absolute Gasteiger partial charge is 0.453 e. The van der Waals surface area contributed by atoms with Crippen LogP contribution < -0.4 is 0 Å². The second-order valence-electron chi connectivity index (χ2n) is 5.42. The van der Waals surface area contributed by atoms with Crippen LogP contribution in [0.15, 0.2) is 16.5 Å². The molecule has 0 bridgehead atoms. The topological polar surface area (TPSA) is 63.0 Å². The molecule has 3 heterocycles. The molecule has 108 valence electrons. The first-order valence-electron chi connectivity index (χ1n) is 6.76. The molecule has 3 rings (SSSR count). The SMILES string of the molecule is COCc1ccc(C(=O)N2CCN3C(=O)CC[C@@]32C)o1. The van der Waals surface area contributed by atoms with Crippen molar-refractivity contribution in [1.82, 2.24) is 9.80 Å². The van der Waals surface area contributed by atoms with Gasteiger partial charge >= 0.3 is 0 Å². The average Bonchev–Trinajstić information content (AvgIpc) is 3.07. The van der Waals surface area contributed by atoms with E-state index in [0.717, 1.165) is 0 Å². The number of methoxy groups -OCH3 is 1. The first-order chi connectivity index (χ1) is 9.56. The molecule has 6 nitrogen and oxygen atoms in total. The number of amides is 2.